The van der Waals surface area contributed by atoms with Crippen molar-refractivity contribution >= 4 is 22.6 Å². The van der Waals surface area contributed by atoms with Gasteiger partial charge in [-0.15, -0.1) is 0 Å². The van der Waals surface area contributed by atoms with Crippen LogP contribution in [0.25, 0.3) is 0 Å². The Bertz CT molecular complexity index is 400. The third-order valence-corrected chi connectivity index (χ3v) is 3.85. The number of hydrogen-bond acceptors (Lipinski definition) is 2. The molecule has 1 heterocycles. The monoisotopic (exact) mass is 367 g/mol. The minimum Gasteiger partial charge on any atom is -0.492 e. The quantitative estimate of drug-likeness (QED) is 0.584. The lowest BCUT2D eigenvalue weighted by Gasteiger charge is -2.15. The van der Waals surface area contributed by atoms with E-state index >= 15 is 0 Å². The summed E-state index contributed by atoms with van der Waals surface area (Å²) in [6.45, 7) is 1.65. The molecule has 0 N–H and O–H groups in total. The van der Waals surface area contributed by atoms with Gasteiger partial charge in [0, 0.05) is 19.5 Å². The fraction of sp³-hybridized carbons (Fsp3) is 0.538. The summed E-state index contributed by atoms with van der Waals surface area (Å²) in [5, 5.41) is 0. The van der Waals surface area contributed by atoms with Gasteiger partial charge in [0.1, 0.15) is 5.75 Å². The van der Waals surface area contributed by atoms with Crippen LogP contribution in [0.15, 0.2) is 24.3 Å². The Morgan fingerprint density at radius 2 is 2.11 bits per heavy atom. The minimum absolute atomic E-state index is 0.00948. The van der Waals surface area contributed by atoms with Crippen molar-refractivity contribution in [2.75, 3.05) is 26.2 Å². The summed E-state index contributed by atoms with van der Waals surface area (Å²) in [4.78, 5) is 1.80. The van der Waals surface area contributed by atoms with Crippen LogP contribution in [-0.2, 0) is 0 Å². The fourth-order valence-corrected chi connectivity index (χ4v) is 2.57. The summed E-state index contributed by atoms with van der Waals surface area (Å²) in [5.41, 5.74) is 0. The van der Waals surface area contributed by atoms with Crippen molar-refractivity contribution < 1.29 is 13.5 Å². The molecule has 0 saturated carbocycles. The van der Waals surface area contributed by atoms with Gasteiger partial charge in [-0.3, -0.25) is 4.90 Å². The van der Waals surface area contributed by atoms with Gasteiger partial charge < -0.3 is 4.74 Å². The fourth-order valence-electron chi connectivity index (χ4n) is 2.03. The highest BCUT2D eigenvalue weighted by molar-refractivity contribution is 14.1. The maximum absolute atomic E-state index is 12.9. The first-order valence-electron chi connectivity index (χ1n) is 6.04. The molecule has 2 rings (SSSR count). The third kappa shape index (κ3) is 4.05. The molecular weight excluding hydrogens is 351 g/mol. The molecule has 0 radical (unpaired) electrons. The zero-order valence-electron chi connectivity index (χ0n) is 10.0. The normalized spacial score (nSPS) is 19.1. The Hall–Kier alpha value is -0.430. The summed E-state index contributed by atoms with van der Waals surface area (Å²) in [6.07, 6.45) is 0.769. The largest absolute Gasteiger partial charge is 0.492 e. The highest BCUT2D eigenvalue weighted by Gasteiger charge is 2.37. The average molecular weight is 367 g/mol. The van der Waals surface area contributed by atoms with E-state index in [-0.39, 0.29) is 13.0 Å². The number of benzene rings is 1. The smallest absolute Gasteiger partial charge is 0.261 e. The number of nitrogens with zero attached hydrogens (tertiary/aromatic N) is 1. The molecule has 0 aromatic heterocycles. The molecule has 5 heteroatoms. The number of rotatable bonds is 5. The van der Waals surface area contributed by atoms with Gasteiger partial charge >= 0.3 is 0 Å². The second-order valence-corrected chi connectivity index (χ2v) is 5.68. The first kappa shape index (κ1) is 14.0. The van der Waals surface area contributed by atoms with E-state index < -0.39 is 5.92 Å². The molecule has 2 nitrogen and oxygen atoms in total. The van der Waals surface area contributed by atoms with Crippen molar-refractivity contribution in [3.05, 3.63) is 27.8 Å². The maximum Gasteiger partial charge on any atom is 0.261 e. The second kappa shape index (κ2) is 6.14. The SMILES string of the molecule is FC1(F)CCN(CCCOc2ccccc2I)C1. The van der Waals surface area contributed by atoms with Gasteiger partial charge in [-0.1, -0.05) is 12.1 Å². The van der Waals surface area contributed by atoms with E-state index in [1.807, 2.05) is 24.3 Å². The molecule has 1 saturated heterocycles. The number of ether oxygens (including phenoxy) is 1. The number of halogens is 3. The minimum atomic E-state index is -2.49. The van der Waals surface area contributed by atoms with Crippen LogP contribution in [0.5, 0.6) is 5.75 Å². The molecule has 0 atom stereocenters. The van der Waals surface area contributed by atoms with Crippen LogP contribution < -0.4 is 4.74 Å². The van der Waals surface area contributed by atoms with Gasteiger partial charge in [-0.25, -0.2) is 8.78 Å². The van der Waals surface area contributed by atoms with Crippen LogP contribution in [0.3, 0.4) is 0 Å². The van der Waals surface area contributed by atoms with E-state index in [0.29, 0.717) is 19.7 Å². The van der Waals surface area contributed by atoms with Crippen molar-refractivity contribution in [3.63, 3.8) is 0 Å². The molecule has 0 bridgehead atoms. The first-order valence-corrected chi connectivity index (χ1v) is 7.12. The molecule has 1 aromatic rings. The molecule has 1 fully saturated rings. The van der Waals surface area contributed by atoms with Gasteiger partial charge in [0.2, 0.25) is 0 Å². The highest BCUT2D eigenvalue weighted by Crippen LogP contribution is 2.26. The van der Waals surface area contributed by atoms with Gasteiger partial charge in [0.15, 0.2) is 0 Å². The predicted octanol–water partition coefficient (Wildman–Crippen LogP) is 3.40. The Labute approximate surface area is 119 Å². The standard InChI is InChI=1S/C13H16F2INO/c14-13(15)6-8-17(10-13)7-3-9-18-12-5-2-1-4-11(12)16/h1-2,4-5H,3,6-10H2. The summed E-state index contributed by atoms with van der Waals surface area (Å²) in [6, 6.07) is 7.79. The highest BCUT2D eigenvalue weighted by atomic mass is 127. The van der Waals surface area contributed by atoms with Crippen molar-refractivity contribution in [2.45, 2.75) is 18.8 Å². The third-order valence-electron chi connectivity index (χ3n) is 2.96. The zero-order valence-corrected chi connectivity index (χ0v) is 12.2. The predicted molar refractivity (Wildman–Crippen MR) is 75.3 cm³/mol. The average Bonchev–Trinajstić information content (AvgIpc) is 2.67. The van der Waals surface area contributed by atoms with Crippen molar-refractivity contribution in [1.29, 1.82) is 0 Å². The Morgan fingerprint density at radius 1 is 1.33 bits per heavy atom. The maximum atomic E-state index is 12.9. The summed E-state index contributed by atoms with van der Waals surface area (Å²) in [7, 11) is 0. The Kier molecular flexibility index (Phi) is 4.77. The van der Waals surface area contributed by atoms with Crippen LogP contribution in [0.1, 0.15) is 12.8 Å². The molecule has 100 valence electrons. The lowest BCUT2D eigenvalue weighted by atomic mass is 10.3. The zero-order chi connectivity index (χ0) is 13.0. The van der Waals surface area contributed by atoms with Crippen LogP contribution in [-0.4, -0.2) is 37.1 Å². The van der Waals surface area contributed by atoms with Crippen LogP contribution in [0.2, 0.25) is 0 Å². The van der Waals surface area contributed by atoms with Crippen LogP contribution >= 0.6 is 22.6 Å². The lowest BCUT2D eigenvalue weighted by molar-refractivity contribution is 0.0118. The molecule has 0 spiro atoms. The Balaban J connectivity index is 1.67. The molecule has 1 aliphatic rings. The van der Waals surface area contributed by atoms with E-state index in [4.69, 9.17) is 4.74 Å². The van der Waals surface area contributed by atoms with Crippen molar-refractivity contribution in [3.8, 4) is 5.75 Å². The summed E-state index contributed by atoms with van der Waals surface area (Å²) in [5.74, 6) is -1.62. The van der Waals surface area contributed by atoms with Crippen LogP contribution in [0, 0.1) is 3.57 Å². The van der Waals surface area contributed by atoms with Gasteiger partial charge in [-0.2, -0.15) is 0 Å². The van der Waals surface area contributed by atoms with Crippen LogP contribution in [0.4, 0.5) is 8.78 Å². The molecule has 0 amide bonds. The number of para-hydroxylation sites is 1. The molecule has 1 aliphatic heterocycles. The molecule has 0 unspecified atom stereocenters. The Morgan fingerprint density at radius 3 is 2.78 bits per heavy atom. The molecule has 18 heavy (non-hydrogen) atoms. The van der Waals surface area contributed by atoms with E-state index in [2.05, 4.69) is 22.6 Å². The van der Waals surface area contributed by atoms with Crippen molar-refractivity contribution in [2.24, 2.45) is 0 Å². The van der Waals surface area contributed by atoms with Crippen molar-refractivity contribution in [1.82, 2.24) is 4.90 Å². The summed E-state index contributed by atoms with van der Waals surface area (Å²) < 4.78 is 32.6. The van der Waals surface area contributed by atoms with Gasteiger partial charge in [0.05, 0.1) is 16.7 Å². The van der Waals surface area contributed by atoms with E-state index in [1.54, 1.807) is 4.90 Å². The van der Waals surface area contributed by atoms with Gasteiger partial charge in [0.25, 0.3) is 5.92 Å². The lowest BCUT2D eigenvalue weighted by Crippen LogP contribution is -2.27. The summed E-state index contributed by atoms with van der Waals surface area (Å²) >= 11 is 2.22. The van der Waals surface area contributed by atoms with E-state index in [0.717, 1.165) is 15.7 Å². The molecule has 0 aliphatic carbocycles. The van der Waals surface area contributed by atoms with Gasteiger partial charge in [-0.05, 0) is 41.1 Å². The number of hydrogen-bond donors (Lipinski definition) is 0. The molecule has 1 aromatic carbocycles. The second-order valence-electron chi connectivity index (χ2n) is 4.51. The first-order chi connectivity index (χ1) is 8.57. The number of alkyl halides is 2. The van der Waals surface area contributed by atoms with E-state index in [9.17, 15) is 8.78 Å². The van der Waals surface area contributed by atoms with E-state index in [1.165, 1.54) is 0 Å². The topological polar surface area (TPSA) is 12.5 Å². The molecular formula is C13H16F2INO. The number of likely N-dealkylation sites (tertiary alicyclic amines) is 1.